The minimum atomic E-state index is -0.585. The zero-order valence-corrected chi connectivity index (χ0v) is 25.0. The lowest BCUT2D eigenvalue weighted by Crippen LogP contribution is -2.47. The molecule has 0 bridgehead atoms. The number of nitrogens with one attached hydrogen (secondary N) is 5. The summed E-state index contributed by atoms with van der Waals surface area (Å²) in [6, 6.07) is 11.4. The molecular weight excluding hydrogens is 534 g/mol. The minimum absolute atomic E-state index is 0.132. The number of nitrogens with zero attached hydrogens (tertiary/aromatic N) is 2. The van der Waals surface area contributed by atoms with Gasteiger partial charge in [-0.15, -0.1) is 11.3 Å². The highest BCUT2D eigenvalue weighted by atomic mass is 32.1. The standard InChI is InChI=1S/C31H43N7O2S/c1-3-17-38(18-4-2)19-7-10-27(30(39)35-14-13-23-20-36-26-9-6-5-8-25(23)26)37-31(40)28-12-11-24(41-28)21-32-22-29-33-15-16-34-29/h5-6,8-9,11-12,15-16,20,27,32,36H,3-4,7,10,13-14,17-19,21-22H2,1-2H3,(H,33,34)(H,35,39)(H,37,40)/t27-/m0/s1. The molecule has 2 amide bonds. The molecule has 0 spiro atoms. The normalized spacial score (nSPS) is 12.2. The fourth-order valence-corrected chi connectivity index (χ4v) is 5.94. The highest BCUT2D eigenvalue weighted by Gasteiger charge is 2.22. The van der Waals surface area contributed by atoms with Gasteiger partial charge in [0.15, 0.2) is 0 Å². The molecule has 0 radical (unpaired) electrons. The van der Waals surface area contributed by atoms with Crippen LogP contribution in [0.5, 0.6) is 0 Å². The molecular formula is C31H43N7O2S. The van der Waals surface area contributed by atoms with Gasteiger partial charge in [0, 0.05) is 47.5 Å². The summed E-state index contributed by atoms with van der Waals surface area (Å²) < 4.78 is 0. The van der Waals surface area contributed by atoms with E-state index >= 15 is 0 Å². The van der Waals surface area contributed by atoms with Crippen LogP contribution in [-0.4, -0.2) is 63.9 Å². The Morgan fingerprint density at radius 2 is 1.85 bits per heavy atom. The van der Waals surface area contributed by atoms with E-state index in [-0.39, 0.29) is 11.8 Å². The highest BCUT2D eigenvalue weighted by molar-refractivity contribution is 7.14. The van der Waals surface area contributed by atoms with Crippen molar-refractivity contribution in [1.29, 1.82) is 0 Å². The molecule has 0 saturated carbocycles. The molecule has 41 heavy (non-hydrogen) atoms. The first-order valence-electron chi connectivity index (χ1n) is 14.7. The van der Waals surface area contributed by atoms with Crippen molar-refractivity contribution in [2.45, 2.75) is 65.1 Å². The number of thiophene rings is 1. The monoisotopic (exact) mass is 577 g/mol. The summed E-state index contributed by atoms with van der Waals surface area (Å²) in [6.07, 6.45) is 9.89. The van der Waals surface area contributed by atoms with Gasteiger partial charge in [0.05, 0.1) is 11.4 Å². The number of imidazole rings is 1. The van der Waals surface area contributed by atoms with Gasteiger partial charge in [-0.1, -0.05) is 32.0 Å². The lowest BCUT2D eigenvalue weighted by molar-refractivity contribution is -0.123. The molecule has 4 rings (SSSR count). The van der Waals surface area contributed by atoms with Crippen LogP contribution in [0.3, 0.4) is 0 Å². The summed E-state index contributed by atoms with van der Waals surface area (Å²) in [5.74, 6) is 0.533. The van der Waals surface area contributed by atoms with E-state index in [4.69, 9.17) is 0 Å². The van der Waals surface area contributed by atoms with Crippen LogP contribution in [0.25, 0.3) is 10.9 Å². The van der Waals surface area contributed by atoms with E-state index < -0.39 is 6.04 Å². The summed E-state index contributed by atoms with van der Waals surface area (Å²) in [6.45, 7) is 9.17. The number of para-hydroxylation sites is 1. The van der Waals surface area contributed by atoms with E-state index in [0.717, 1.165) is 61.5 Å². The van der Waals surface area contributed by atoms with Crippen LogP contribution in [0.15, 0.2) is 55.0 Å². The highest BCUT2D eigenvalue weighted by Crippen LogP contribution is 2.19. The molecule has 0 unspecified atom stereocenters. The van der Waals surface area contributed by atoms with Crippen LogP contribution in [0.4, 0.5) is 0 Å². The number of aromatic nitrogens is 3. The second kappa shape index (κ2) is 16.1. The molecule has 1 aromatic carbocycles. The largest absolute Gasteiger partial charge is 0.361 e. The number of hydrogen-bond donors (Lipinski definition) is 5. The van der Waals surface area contributed by atoms with Gasteiger partial charge in [-0.2, -0.15) is 0 Å². The van der Waals surface area contributed by atoms with E-state index in [1.54, 1.807) is 12.4 Å². The van der Waals surface area contributed by atoms with Gasteiger partial charge in [-0.3, -0.25) is 9.59 Å². The van der Waals surface area contributed by atoms with Gasteiger partial charge in [-0.05, 0) is 75.5 Å². The molecule has 0 aliphatic rings. The first-order valence-corrected chi connectivity index (χ1v) is 15.5. The number of benzene rings is 1. The summed E-state index contributed by atoms with van der Waals surface area (Å²) in [5.41, 5.74) is 2.26. The molecule has 4 aromatic rings. The molecule has 1 atom stereocenters. The summed E-state index contributed by atoms with van der Waals surface area (Å²) in [7, 11) is 0. The average molecular weight is 578 g/mol. The molecule has 0 aliphatic heterocycles. The van der Waals surface area contributed by atoms with E-state index in [0.29, 0.717) is 30.9 Å². The third-order valence-corrected chi connectivity index (χ3v) is 8.15. The molecule has 3 heterocycles. The van der Waals surface area contributed by atoms with Gasteiger partial charge in [0.1, 0.15) is 11.9 Å². The lowest BCUT2D eigenvalue weighted by Gasteiger charge is -2.23. The molecule has 0 fully saturated rings. The number of carbonyl (C=O) groups is 2. The number of rotatable bonds is 18. The Balaban J connectivity index is 1.33. The van der Waals surface area contributed by atoms with Crippen LogP contribution in [0.1, 0.15) is 65.5 Å². The van der Waals surface area contributed by atoms with Crippen molar-refractivity contribution in [3.05, 3.63) is 76.1 Å². The molecule has 9 nitrogen and oxygen atoms in total. The molecule has 3 aromatic heterocycles. The molecule has 0 saturated heterocycles. The van der Waals surface area contributed by atoms with E-state index in [2.05, 4.69) is 61.8 Å². The second-order valence-electron chi connectivity index (χ2n) is 10.3. The maximum atomic E-state index is 13.3. The number of fused-ring (bicyclic) bond motifs is 1. The topological polar surface area (TPSA) is 118 Å². The Labute approximate surface area is 246 Å². The van der Waals surface area contributed by atoms with Gasteiger partial charge in [0.2, 0.25) is 5.91 Å². The fourth-order valence-electron chi connectivity index (χ4n) is 5.06. The van der Waals surface area contributed by atoms with Crippen molar-refractivity contribution in [3.63, 3.8) is 0 Å². The van der Waals surface area contributed by atoms with E-state index in [9.17, 15) is 9.59 Å². The predicted octanol–water partition coefficient (Wildman–Crippen LogP) is 4.60. The third-order valence-electron chi connectivity index (χ3n) is 7.07. The van der Waals surface area contributed by atoms with Gasteiger partial charge in [0.25, 0.3) is 5.91 Å². The molecule has 0 aliphatic carbocycles. The number of aromatic amines is 2. The first kappa shape index (κ1) is 30.5. The van der Waals surface area contributed by atoms with Gasteiger partial charge in [-0.25, -0.2) is 4.98 Å². The van der Waals surface area contributed by atoms with Crippen LogP contribution in [0.2, 0.25) is 0 Å². The fraction of sp³-hybridized carbons (Fsp3) is 0.452. The Morgan fingerprint density at radius 3 is 2.63 bits per heavy atom. The number of amides is 2. The van der Waals surface area contributed by atoms with Crippen molar-refractivity contribution in [2.75, 3.05) is 26.2 Å². The average Bonchev–Trinajstić information content (AvgIpc) is 3.75. The Kier molecular flexibility index (Phi) is 12.0. The van der Waals surface area contributed by atoms with Crippen molar-refractivity contribution < 1.29 is 9.59 Å². The van der Waals surface area contributed by atoms with Crippen molar-refractivity contribution in [2.24, 2.45) is 0 Å². The van der Waals surface area contributed by atoms with Crippen LogP contribution >= 0.6 is 11.3 Å². The maximum absolute atomic E-state index is 13.3. The third kappa shape index (κ3) is 9.27. The first-order chi connectivity index (χ1) is 20.1. The Bertz CT molecular complexity index is 1340. The smallest absolute Gasteiger partial charge is 0.262 e. The zero-order chi connectivity index (χ0) is 28.9. The molecule has 5 N–H and O–H groups in total. The lowest BCUT2D eigenvalue weighted by atomic mass is 10.1. The van der Waals surface area contributed by atoms with E-state index in [1.807, 2.05) is 30.5 Å². The Morgan fingerprint density at radius 1 is 1.02 bits per heavy atom. The van der Waals surface area contributed by atoms with Crippen molar-refractivity contribution in [3.8, 4) is 0 Å². The number of hydrogen-bond acceptors (Lipinski definition) is 6. The quantitative estimate of drug-likeness (QED) is 0.118. The van der Waals surface area contributed by atoms with Crippen LogP contribution < -0.4 is 16.0 Å². The number of H-pyrrole nitrogens is 2. The van der Waals surface area contributed by atoms with Crippen molar-refractivity contribution >= 4 is 34.1 Å². The Hall–Kier alpha value is -3.47. The van der Waals surface area contributed by atoms with Gasteiger partial charge < -0.3 is 30.8 Å². The SMILES string of the molecule is CCCN(CCC)CCC[C@H](NC(=O)c1ccc(CNCc2ncc[nH]2)s1)C(=O)NCCc1c[nH]c2ccccc12. The number of carbonyl (C=O) groups excluding carboxylic acids is 2. The van der Waals surface area contributed by atoms with Crippen LogP contribution in [0, 0.1) is 0 Å². The summed E-state index contributed by atoms with van der Waals surface area (Å²) >= 11 is 1.44. The minimum Gasteiger partial charge on any atom is -0.361 e. The maximum Gasteiger partial charge on any atom is 0.262 e. The van der Waals surface area contributed by atoms with Gasteiger partial charge >= 0.3 is 0 Å². The zero-order valence-electron chi connectivity index (χ0n) is 24.2. The predicted molar refractivity (Wildman–Crippen MR) is 166 cm³/mol. The second-order valence-corrected chi connectivity index (χ2v) is 11.5. The van der Waals surface area contributed by atoms with Crippen molar-refractivity contribution in [1.82, 2.24) is 35.8 Å². The van der Waals surface area contributed by atoms with Crippen LogP contribution in [-0.2, 0) is 24.3 Å². The molecule has 10 heteroatoms. The van der Waals surface area contributed by atoms with E-state index in [1.165, 1.54) is 22.3 Å². The molecule has 220 valence electrons. The summed E-state index contributed by atoms with van der Waals surface area (Å²) in [4.78, 5) is 41.2. The summed E-state index contributed by atoms with van der Waals surface area (Å²) in [5, 5.41) is 10.6.